The second-order valence-corrected chi connectivity index (χ2v) is 7.52. The third-order valence-electron chi connectivity index (χ3n) is 4.50. The molecule has 0 saturated carbocycles. The summed E-state index contributed by atoms with van der Waals surface area (Å²) in [6, 6.07) is 20.2. The Bertz CT molecular complexity index is 866. The van der Waals surface area contributed by atoms with Gasteiger partial charge in [-0.15, -0.1) is 5.10 Å². The maximum atomic E-state index is 12.8. The van der Waals surface area contributed by atoms with Crippen LogP contribution < -0.4 is 0 Å². The Kier molecular flexibility index (Phi) is 5.02. The monoisotopic (exact) mass is 364 g/mol. The zero-order valence-electron chi connectivity index (χ0n) is 14.4. The topological polar surface area (TPSA) is 51.0 Å². The van der Waals surface area contributed by atoms with Crippen molar-refractivity contribution >= 4 is 17.7 Å². The fourth-order valence-electron chi connectivity index (χ4n) is 3.12. The molecule has 132 valence electrons. The van der Waals surface area contributed by atoms with Crippen LogP contribution in [0.25, 0.3) is 5.69 Å². The summed E-state index contributed by atoms with van der Waals surface area (Å²) in [5.41, 5.74) is 2.58. The van der Waals surface area contributed by atoms with E-state index in [2.05, 4.69) is 34.5 Å². The lowest BCUT2D eigenvalue weighted by Crippen LogP contribution is -2.33. The highest BCUT2D eigenvalue weighted by molar-refractivity contribution is 7.99. The Hall–Kier alpha value is -2.60. The van der Waals surface area contributed by atoms with Gasteiger partial charge in [0.25, 0.3) is 5.91 Å². The molecule has 4 rings (SSSR count). The summed E-state index contributed by atoms with van der Waals surface area (Å²) in [6.07, 6.45) is 2.51. The lowest BCUT2D eigenvalue weighted by molar-refractivity contribution is 0.0760. The summed E-state index contributed by atoms with van der Waals surface area (Å²) in [7, 11) is 0. The van der Waals surface area contributed by atoms with E-state index in [0.29, 0.717) is 10.9 Å². The zero-order valence-corrected chi connectivity index (χ0v) is 15.2. The Balaban J connectivity index is 1.45. The van der Waals surface area contributed by atoms with Gasteiger partial charge in [0.1, 0.15) is 0 Å². The number of carbonyl (C=O) groups is 1. The van der Waals surface area contributed by atoms with E-state index in [1.54, 1.807) is 6.20 Å². The lowest BCUT2D eigenvalue weighted by atomic mass is 10.1. The third kappa shape index (κ3) is 3.65. The molecule has 3 aromatic rings. The maximum Gasteiger partial charge on any atom is 0.276 e. The van der Waals surface area contributed by atoms with Gasteiger partial charge in [0, 0.05) is 24.1 Å². The van der Waals surface area contributed by atoms with Gasteiger partial charge in [0.05, 0.1) is 11.9 Å². The van der Waals surface area contributed by atoms with Gasteiger partial charge >= 0.3 is 0 Å². The molecule has 1 amide bonds. The number of hydrogen-bond donors (Lipinski definition) is 0. The van der Waals surface area contributed by atoms with Crippen molar-refractivity contribution in [3.8, 4) is 5.69 Å². The maximum absolute atomic E-state index is 12.8. The molecule has 6 heteroatoms. The second kappa shape index (κ2) is 7.74. The first-order valence-electron chi connectivity index (χ1n) is 8.75. The molecule has 5 nitrogen and oxygen atoms in total. The molecule has 1 aromatic heterocycles. The Morgan fingerprint density at radius 3 is 2.50 bits per heavy atom. The van der Waals surface area contributed by atoms with E-state index in [9.17, 15) is 4.79 Å². The predicted molar refractivity (Wildman–Crippen MR) is 104 cm³/mol. The first kappa shape index (κ1) is 16.8. The predicted octanol–water partition coefficient (Wildman–Crippen LogP) is 3.59. The van der Waals surface area contributed by atoms with E-state index >= 15 is 0 Å². The summed E-state index contributed by atoms with van der Waals surface area (Å²) in [4.78, 5) is 16.2. The molecule has 1 aliphatic heterocycles. The normalized spacial score (nSPS) is 17.7. The van der Waals surface area contributed by atoms with Gasteiger partial charge in [0.15, 0.2) is 5.69 Å². The van der Waals surface area contributed by atoms with E-state index in [1.165, 1.54) is 10.4 Å². The smallest absolute Gasteiger partial charge is 0.276 e. The van der Waals surface area contributed by atoms with Crippen molar-refractivity contribution < 1.29 is 4.79 Å². The van der Waals surface area contributed by atoms with Crippen molar-refractivity contribution in [3.63, 3.8) is 0 Å². The number of para-hydroxylation sites is 1. The fraction of sp³-hybridized carbons (Fsp3) is 0.250. The minimum absolute atomic E-state index is 0.0403. The number of rotatable bonds is 3. The summed E-state index contributed by atoms with van der Waals surface area (Å²) < 4.78 is 0. The van der Waals surface area contributed by atoms with Crippen LogP contribution in [-0.2, 0) is 0 Å². The fourth-order valence-corrected chi connectivity index (χ4v) is 4.35. The van der Waals surface area contributed by atoms with Crippen LogP contribution >= 0.6 is 11.8 Å². The van der Waals surface area contributed by atoms with Gasteiger partial charge in [0.2, 0.25) is 0 Å². The van der Waals surface area contributed by atoms with E-state index in [0.717, 1.165) is 31.0 Å². The molecule has 0 N–H and O–H groups in total. The molecule has 0 radical (unpaired) electrons. The zero-order chi connectivity index (χ0) is 17.8. The van der Waals surface area contributed by atoms with Gasteiger partial charge in [-0.25, -0.2) is 0 Å². The van der Waals surface area contributed by atoms with Crippen molar-refractivity contribution in [2.75, 3.05) is 18.8 Å². The highest BCUT2D eigenvalue weighted by atomic mass is 32.2. The summed E-state index contributed by atoms with van der Waals surface area (Å²) in [5, 5.41) is 9.05. The number of thioether (sulfide) groups is 1. The molecule has 1 unspecified atom stereocenters. The van der Waals surface area contributed by atoms with Crippen molar-refractivity contribution in [2.24, 2.45) is 0 Å². The molecule has 2 aromatic carbocycles. The van der Waals surface area contributed by atoms with Crippen LogP contribution in [0.2, 0.25) is 0 Å². The van der Waals surface area contributed by atoms with E-state index in [4.69, 9.17) is 0 Å². The van der Waals surface area contributed by atoms with Crippen LogP contribution in [0.4, 0.5) is 0 Å². The van der Waals surface area contributed by atoms with Crippen LogP contribution in [0.5, 0.6) is 0 Å². The van der Waals surface area contributed by atoms with Crippen LogP contribution in [0.1, 0.15) is 27.7 Å². The van der Waals surface area contributed by atoms with Gasteiger partial charge in [-0.1, -0.05) is 48.5 Å². The number of benzene rings is 2. The SMILES string of the molecule is O=C(c1cnn(-c2ccccc2)n1)N1CCSC(c2ccccc2)CC1. The molecule has 1 atom stereocenters. The van der Waals surface area contributed by atoms with Gasteiger partial charge in [-0.2, -0.15) is 21.7 Å². The minimum atomic E-state index is -0.0403. The first-order valence-corrected chi connectivity index (χ1v) is 9.80. The van der Waals surface area contributed by atoms with Crippen molar-refractivity contribution in [1.29, 1.82) is 0 Å². The Morgan fingerprint density at radius 1 is 1.00 bits per heavy atom. The molecular weight excluding hydrogens is 344 g/mol. The van der Waals surface area contributed by atoms with Gasteiger partial charge in [-0.05, 0) is 24.1 Å². The molecule has 1 aliphatic rings. The van der Waals surface area contributed by atoms with Crippen molar-refractivity contribution in [2.45, 2.75) is 11.7 Å². The van der Waals surface area contributed by atoms with E-state index < -0.39 is 0 Å². The molecule has 2 heterocycles. The van der Waals surface area contributed by atoms with Crippen LogP contribution in [-0.4, -0.2) is 44.6 Å². The Labute approximate surface area is 157 Å². The number of amides is 1. The largest absolute Gasteiger partial charge is 0.336 e. The van der Waals surface area contributed by atoms with Gasteiger partial charge in [-0.3, -0.25) is 4.79 Å². The van der Waals surface area contributed by atoms with Crippen LogP contribution in [0, 0.1) is 0 Å². The number of nitrogens with zero attached hydrogens (tertiary/aromatic N) is 4. The molecule has 26 heavy (non-hydrogen) atoms. The molecule has 1 fully saturated rings. The van der Waals surface area contributed by atoms with Crippen molar-refractivity contribution in [3.05, 3.63) is 78.1 Å². The highest BCUT2D eigenvalue weighted by Gasteiger charge is 2.24. The molecule has 0 spiro atoms. The summed E-state index contributed by atoms with van der Waals surface area (Å²) in [6.45, 7) is 1.48. The number of aromatic nitrogens is 3. The molecule has 0 aliphatic carbocycles. The standard InChI is InChI=1S/C20H20N4OS/c25-20(18-15-21-24(22-18)17-9-5-2-6-10-17)23-12-11-19(26-14-13-23)16-7-3-1-4-8-16/h1-10,15,19H,11-14H2. The van der Waals surface area contributed by atoms with Gasteiger partial charge < -0.3 is 4.90 Å². The van der Waals surface area contributed by atoms with E-state index in [1.807, 2.05) is 53.1 Å². The second-order valence-electron chi connectivity index (χ2n) is 6.21. The summed E-state index contributed by atoms with van der Waals surface area (Å²) >= 11 is 1.92. The average Bonchev–Trinajstić information content (AvgIpc) is 3.07. The third-order valence-corrected chi connectivity index (χ3v) is 5.83. The Morgan fingerprint density at radius 2 is 1.73 bits per heavy atom. The van der Waals surface area contributed by atoms with Crippen molar-refractivity contribution in [1.82, 2.24) is 19.9 Å². The highest BCUT2D eigenvalue weighted by Crippen LogP contribution is 2.34. The number of carbonyl (C=O) groups excluding carboxylic acids is 1. The van der Waals surface area contributed by atoms with E-state index in [-0.39, 0.29) is 5.91 Å². The molecule has 0 bridgehead atoms. The first-order chi connectivity index (χ1) is 12.8. The average molecular weight is 364 g/mol. The number of hydrogen-bond acceptors (Lipinski definition) is 4. The minimum Gasteiger partial charge on any atom is -0.336 e. The quantitative estimate of drug-likeness (QED) is 0.713. The summed E-state index contributed by atoms with van der Waals surface area (Å²) in [5.74, 6) is 0.888. The van der Waals surface area contributed by atoms with Crippen LogP contribution in [0.15, 0.2) is 66.9 Å². The lowest BCUT2D eigenvalue weighted by Gasteiger charge is -2.19. The molecule has 1 saturated heterocycles. The van der Waals surface area contributed by atoms with Crippen LogP contribution in [0.3, 0.4) is 0 Å². The molecular formula is C20H20N4OS.